The molecular weight excluding hydrogens is 290 g/mol. The Balaban J connectivity index is 2.84. The number of carbonyl (C=O) groups is 1. The Labute approximate surface area is 126 Å². The average molecular weight is 311 g/mol. The van der Waals surface area contributed by atoms with Crippen LogP contribution in [0.3, 0.4) is 0 Å². The van der Waals surface area contributed by atoms with Crippen molar-refractivity contribution in [3.8, 4) is 0 Å². The fourth-order valence-corrected chi connectivity index (χ4v) is 3.27. The van der Waals surface area contributed by atoms with Gasteiger partial charge in [-0.2, -0.15) is 0 Å². The molecule has 0 fully saturated rings. The van der Waals surface area contributed by atoms with Gasteiger partial charge in [0.05, 0.1) is 4.90 Å². The van der Waals surface area contributed by atoms with E-state index in [1.165, 1.54) is 6.92 Å². The SMILES string of the molecule is C=CCC(CNS(=O)(=O)c1ccc(C)cc1C)OC(C)=O. The van der Waals surface area contributed by atoms with Crippen LogP contribution in [0.25, 0.3) is 0 Å². The van der Waals surface area contributed by atoms with Gasteiger partial charge < -0.3 is 4.74 Å². The number of hydrogen-bond acceptors (Lipinski definition) is 4. The monoisotopic (exact) mass is 311 g/mol. The topological polar surface area (TPSA) is 72.5 Å². The Hall–Kier alpha value is -1.66. The van der Waals surface area contributed by atoms with Crippen molar-refractivity contribution in [2.75, 3.05) is 6.54 Å². The van der Waals surface area contributed by atoms with Gasteiger partial charge in [-0.15, -0.1) is 6.58 Å². The maximum Gasteiger partial charge on any atom is 0.302 e. The molecule has 116 valence electrons. The van der Waals surface area contributed by atoms with E-state index in [0.29, 0.717) is 12.0 Å². The highest BCUT2D eigenvalue weighted by Gasteiger charge is 2.19. The molecule has 0 amide bonds. The zero-order valence-corrected chi connectivity index (χ0v) is 13.4. The second-order valence-corrected chi connectivity index (χ2v) is 6.61. The molecule has 1 aromatic rings. The minimum Gasteiger partial charge on any atom is -0.461 e. The standard InChI is InChI=1S/C15H21NO4S/c1-5-6-14(20-13(4)17)10-16-21(18,19)15-8-7-11(2)9-12(15)3/h5,7-9,14,16H,1,6,10H2,2-4H3. The van der Waals surface area contributed by atoms with E-state index >= 15 is 0 Å². The van der Waals surface area contributed by atoms with Gasteiger partial charge in [-0.1, -0.05) is 23.8 Å². The van der Waals surface area contributed by atoms with Crippen LogP contribution in [0, 0.1) is 13.8 Å². The van der Waals surface area contributed by atoms with Crippen molar-refractivity contribution in [3.63, 3.8) is 0 Å². The van der Waals surface area contributed by atoms with Gasteiger partial charge in [0.1, 0.15) is 6.10 Å². The molecule has 0 saturated heterocycles. The van der Waals surface area contributed by atoms with Gasteiger partial charge in [0.2, 0.25) is 10.0 Å². The molecule has 0 aliphatic carbocycles. The van der Waals surface area contributed by atoms with Crippen LogP contribution >= 0.6 is 0 Å². The molecule has 5 nitrogen and oxygen atoms in total. The van der Waals surface area contributed by atoms with E-state index in [1.54, 1.807) is 25.1 Å². The molecule has 0 aliphatic heterocycles. The molecule has 21 heavy (non-hydrogen) atoms. The highest BCUT2D eigenvalue weighted by atomic mass is 32.2. The Morgan fingerprint density at radius 3 is 2.62 bits per heavy atom. The maximum absolute atomic E-state index is 12.3. The molecule has 0 radical (unpaired) electrons. The van der Waals surface area contributed by atoms with Crippen LogP contribution in [0.2, 0.25) is 0 Å². The number of rotatable bonds is 7. The van der Waals surface area contributed by atoms with Crippen LogP contribution < -0.4 is 4.72 Å². The fraction of sp³-hybridized carbons (Fsp3) is 0.400. The first-order valence-electron chi connectivity index (χ1n) is 6.61. The van der Waals surface area contributed by atoms with Crippen molar-refractivity contribution in [3.05, 3.63) is 42.0 Å². The van der Waals surface area contributed by atoms with Crippen LogP contribution in [0.5, 0.6) is 0 Å². The van der Waals surface area contributed by atoms with Crippen LogP contribution in [0.15, 0.2) is 35.7 Å². The van der Waals surface area contributed by atoms with Gasteiger partial charge in [-0.3, -0.25) is 4.79 Å². The lowest BCUT2D eigenvalue weighted by Crippen LogP contribution is -2.34. The molecule has 0 heterocycles. The van der Waals surface area contributed by atoms with Crippen molar-refractivity contribution in [1.82, 2.24) is 4.72 Å². The molecule has 1 unspecified atom stereocenters. The highest BCUT2D eigenvalue weighted by Crippen LogP contribution is 2.16. The molecule has 0 bridgehead atoms. The van der Waals surface area contributed by atoms with Crippen molar-refractivity contribution >= 4 is 16.0 Å². The van der Waals surface area contributed by atoms with E-state index in [-0.39, 0.29) is 11.4 Å². The third-order valence-corrected chi connectivity index (χ3v) is 4.47. The largest absolute Gasteiger partial charge is 0.461 e. The van der Waals surface area contributed by atoms with E-state index in [1.807, 2.05) is 13.0 Å². The van der Waals surface area contributed by atoms with Crippen molar-refractivity contribution in [1.29, 1.82) is 0 Å². The van der Waals surface area contributed by atoms with Crippen LogP contribution in [-0.2, 0) is 19.6 Å². The van der Waals surface area contributed by atoms with E-state index in [4.69, 9.17) is 4.74 Å². The number of sulfonamides is 1. The molecule has 0 aromatic heterocycles. The van der Waals surface area contributed by atoms with Gasteiger partial charge >= 0.3 is 5.97 Å². The summed E-state index contributed by atoms with van der Waals surface area (Å²) in [5.41, 5.74) is 1.67. The molecule has 1 atom stereocenters. The Bertz CT molecular complexity index is 623. The molecule has 0 aliphatic rings. The first kappa shape index (κ1) is 17.4. The van der Waals surface area contributed by atoms with Crippen LogP contribution in [0.4, 0.5) is 0 Å². The van der Waals surface area contributed by atoms with E-state index in [0.717, 1.165) is 5.56 Å². The average Bonchev–Trinajstić information content (AvgIpc) is 2.35. The number of esters is 1. The molecular formula is C15H21NO4S. The summed E-state index contributed by atoms with van der Waals surface area (Å²) in [4.78, 5) is 11.2. The lowest BCUT2D eigenvalue weighted by atomic mass is 10.2. The van der Waals surface area contributed by atoms with Gasteiger partial charge in [-0.25, -0.2) is 13.1 Å². The minimum atomic E-state index is -3.63. The van der Waals surface area contributed by atoms with E-state index in [2.05, 4.69) is 11.3 Å². The summed E-state index contributed by atoms with van der Waals surface area (Å²) >= 11 is 0. The lowest BCUT2D eigenvalue weighted by molar-refractivity contribution is -0.145. The third kappa shape index (κ3) is 5.32. The smallest absolute Gasteiger partial charge is 0.302 e. The quantitative estimate of drug-likeness (QED) is 0.618. The van der Waals surface area contributed by atoms with Crippen molar-refractivity contribution in [2.45, 2.75) is 38.2 Å². The Morgan fingerprint density at radius 2 is 2.10 bits per heavy atom. The normalized spacial score (nSPS) is 12.7. The number of aryl methyl sites for hydroxylation is 2. The summed E-state index contributed by atoms with van der Waals surface area (Å²) in [7, 11) is -3.63. The van der Waals surface area contributed by atoms with Gasteiger partial charge in [0.15, 0.2) is 0 Å². The summed E-state index contributed by atoms with van der Waals surface area (Å²) < 4.78 is 32.1. The number of hydrogen-bond donors (Lipinski definition) is 1. The zero-order valence-electron chi connectivity index (χ0n) is 12.5. The summed E-state index contributed by atoms with van der Waals surface area (Å²) in [5.74, 6) is -0.451. The molecule has 1 rings (SSSR count). The zero-order chi connectivity index (χ0) is 16.0. The molecule has 1 N–H and O–H groups in total. The second kappa shape index (κ2) is 7.38. The highest BCUT2D eigenvalue weighted by molar-refractivity contribution is 7.89. The lowest BCUT2D eigenvalue weighted by Gasteiger charge is -2.17. The van der Waals surface area contributed by atoms with Gasteiger partial charge in [0, 0.05) is 19.9 Å². The fourth-order valence-electron chi connectivity index (χ4n) is 1.97. The van der Waals surface area contributed by atoms with Crippen molar-refractivity contribution < 1.29 is 17.9 Å². The summed E-state index contributed by atoms with van der Waals surface area (Å²) in [5, 5.41) is 0. The van der Waals surface area contributed by atoms with E-state index < -0.39 is 22.1 Å². The minimum absolute atomic E-state index is 0.0151. The first-order chi connectivity index (χ1) is 9.76. The predicted molar refractivity (Wildman–Crippen MR) is 81.5 cm³/mol. The van der Waals surface area contributed by atoms with Gasteiger partial charge in [0.25, 0.3) is 0 Å². The number of nitrogens with one attached hydrogen (secondary N) is 1. The summed E-state index contributed by atoms with van der Waals surface area (Å²) in [6.07, 6.45) is 1.41. The van der Waals surface area contributed by atoms with Crippen LogP contribution in [-0.4, -0.2) is 27.0 Å². The molecule has 0 spiro atoms. The van der Waals surface area contributed by atoms with Gasteiger partial charge in [-0.05, 0) is 25.5 Å². The molecule has 1 aromatic carbocycles. The van der Waals surface area contributed by atoms with Crippen LogP contribution in [0.1, 0.15) is 24.5 Å². The molecule has 0 saturated carbocycles. The molecule has 6 heteroatoms. The third-order valence-electron chi connectivity index (χ3n) is 2.88. The number of benzene rings is 1. The maximum atomic E-state index is 12.3. The predicted octanol–water partition coefficient (Wildman–Crippen LogP) is 2.09. The number of carbonyl (C=O) groups excluding carboxylic acids is 1. The van der Waals surface area contributed by atoms with Crippen molar-refractivity contribution in [2.24, 2.45) is 0 Å². The Kier molecular flexibility index (Phi) is 6.11. The Morgan fingerprint density at radius 1 is 1.43 bits per heavy atom. The first-order valence-corrected chi connectivity index (χ1v) is 8.09. The summed E-state index contributed by atoms with van der Waals surface area (Å²) in [6, 6.07) is 5.12. The second-order valence-electron chi connectivity index (χ2n) is 4.88. The summed E-state index contributed by atoms with van der Waals surface area (Å²) in [6.45, 7) is 8.51. The van der Waals surface area contributed by atoms with E-state index in [9.17, 15) is 13.2 Å². The number of ether oxygens (including phenoxy) is 1.